The van der Waals surface area contributed by atoms with Crippen molar-refractivity contribution < 1.29 is 19.5 Å². The summed E-state index contributed by atoms with van der Waals surface area (Å²) >= 11 is 0. The maximum absolute atomic E-state index is 12.5. The van der Waals surface area contributed by atoms with Crippen molar-refractivity contribution in [1.29, 1.82) is 0 Å². The highest BCUT2D eigenvalue weighted by molar-refractivity contribution is 5.80. The second kappa shape index (κ2) is 7.23. The molecule has 1 aliphatic heterocycles. The average molecular weight is 392 g/mol. The summed E-state index contributed by atoms with van der Waals surface area (Å²) in [6.45, 7) is 2.84. The van der Waals surface area contributed by atoms with Crippen LogP contribution in [0.4, 0.5) is 4.79 Å². The Labute approximate surface area is 166 Å². The van der Waals surface area contributed by atoms with E-state index in [1.807, 2.05) is 0 Å². The molecule has 4 aliphatic carbocycles. The number of carbonyl (C=O) groups excluding carboxylic acids is 2. The summed E-state index contributed by atoms with van der Waals surface area (Å²) in [6, 6.07) is -0.163. The molecule has 4 saturated carbocycles. The summed E-state index contributed by atoms with van der Waals surface area (Å²) in [4.78, 5) is 38.0. The fourth-order valence-corrected chi connectivity index (χ4v) is 6.62. The molecule has 156 valence electrons. The third-order valence-electron chi connectivity index (χ3n) is 7.61. The number of hydrogen-bond acceptors (Lipinski definition) is 3. The van der Waals surface area contributed by atoms with Crippen molar-refractivity contribution in [3.8, 4) is 0 Å². The predicted octanol–water partition coefficient (Wildman–Crippen LogP) is 2.36. The van der Waals surface area contributed by atoms with Crippen LogP contribution in [0.3, 0.4) is 0 Å². The second-order valence-electron chi connectivity index (χ2n) is 10.1. The Bertz CT molecular complexity index is 629. The number of amides is 3. The van der Waals surface area contributed by atoms with Gasteiger partial charge in [-0.1, -0.05) is 0 Å². The van der Waals surface area contributed by atoms with Crippen LogP contribution in [0.15, 0.2) is 0 Å². The lowest BCUT2D eigenvalue weighted by atomic mass is 9.53. The largest absolute Gasteiger partial charge is 0.481 e. The van der Waals surface area contributed by atoms with Gasteiger partial charge in [0.2, 0.25) is 5.91 Å². The Morgan fingerprint density at radius 1 is 1.07 bits per heavy atom. The number of aliphatic carboxylic acids is 1. The minimum absolute atomic E-state index is 0.0288. The third kappa shape index (κ3) is 3.85. The number of carboxylic acid groups (broad SMARTS) is 1. The molecule has 1 unspecified atom stereocenters. The van der Waals surface area contributed by atoms with E-state index in [1.54, 1.807) is 11.8 Å². The van der Waals surface area contributed by atoms with Gasteiger partial charge in [-0.05, 0) is 76.0 Å². The number of carbonyl (C=O) groups is 3. The molecule has 1 atom stereocenters. The lowest BCUT2D eigenvalue weighted by molar-refractivity contribution is -0.153. The zero-order valence-electron chi connectivity index (χ0n) is 16.8. The van der Waals surface area contributed by atoms with Gasteiger partial charge in [-0.15, -0.1) is 0 Å². The summed E-state index contributed by atoms with van der Waals surface area (Å²) in [7, 11) is 0. The smallest absolute Gasteiger partial charge is 0.315 e. The molecule has 28 heavy (non-hydrogen) atoms. The van der Waals surface area contributed by atoms with E-state index in [0.29, 0.717) is 19.4 Å². The molecule has 7 nitrogen and oxygen atoms in total. The Kier molecular flexibility index (Phi) is 5.04. The van der Waals surface area contributed by atoms with E-state index < -0.39 is 11.4 Å². The van der Waals surface area contributed by atoms with Gasteiger partial charge in [-0.2, -0.15) is 0 Å². The van der Waals surface area contributed by atoms with Crippen LogP contribution >= 0.6 is 0 Å². The highest BCUT2D eigenvalue weighted by Gasteiger charge is 2.51. The van der Waals surface area contributed by atoms with Crippen molar-refractivity contribution in [1.82, 2.24) is 15.5 Å². The summed E-state index contributed by atoms with van der Waals surface area (Å²) in [5.41, 5.74) is -0.893. The molecule has 5 rings (SSSR count). The standard InChI is InChI=1S/C21H33N3O4/c1-20(18(26)27)4-2-6-24(13-20)17(25)3-5-22-19(28)23-21-10-14-7-15(11-21)9-16(8-14)12-21/h14-16H,2-13H2,1H3,(H,26,27)(H2,22,23,28). The molecular weight excluding hydrogens is 358 g/mol. The number of urea groups is 1. The molecule has 5 aliphatic rings. The maximum atomic E-state index is 12.5. The van der Waals surface area contributed by atoms with Gasteiger partial charge in [0.05, 0.1) is 5.41 Å². The molecule has 0 spiro atoms. The van der Waals surface area contributed by atoms with Crippen molar-refractivity contribution in [2.45, 2.75) is 70.3 Å². The first-order valence-corrected chi connectivity index (χ1v) is 10.8. The fourth-order valence-electron chi connectivity index (χ4n) is 6.62. The molecule has 7 heteroatoms. The topological polar surface area (TPSA) is 98.7 Å². The highest BCUT2D eigenvalue weighted by Crippen LogP contribution is 2.55. The van der Waals surface area contributed by atoms with Gasteiger partial charge in [0.15, 0.2) is 0 Å². The number of nitrogens with one attached hydrogen (secondary N) is 2. The fraction of sp³-hybridized carbons (Fsp3) is 0.857. The van der Waals surface area contributed by atoms with Crippen molar-refractivity contribution >= 4 is 17.9 Å². The maximum Gasteiger partial charge on any atom is 0.315 e. The number of nitrogens with zero attached hydrogens (tertiary/aromatic N) is 1. The summed E-state index contributed by atoms with van der Waals surface area (Å²) in [6.07, 6.45) is 8.83. The molecule has 3 N–H and O–H groups in total. The minimum atomic E-state index is -0.864. The summed E-state index contributed by atoms with van der Waals surface area (Å²) < 4.78 is 0. The Morgan fingerprint density at radius 2 is 1.68 bits per heavy atom. The number of likely N-dealkylation sites (tertiary alicyclic amines) is 1. The van der Waals surface area contributed by atoms with Crippen LogP contribution in [0.1, 0.15) is 64.7 Å². The van der Waals surface area contributed by atoms with Gasteiger partial charge in [0.25, 0.3) is 0 Å². The zero-order chi connectivity index (χ0) is 19.9. The van der Waals surface area contributed by atoms with Crippen LogP contribution in [0.25, 0.3) is 0 Å². The molecule has 1 heterocycles. The normalized spacial score (nSPS) is 38.9. The van der Waals surface area contributed by atoms with Crippen LogP contribution < -0.4 is 10.6 Å². The molecule has 4 bridgehead atoms. The molecule has 3 amide bonds. The van der Waals surface area contributed by atoms with Crippen LogP contribution in [-0.4, -0.2) is 53.1 Å². The van der Waals surface area contributed by atoms with E-state index >= 15 is 0 Å². The first-order chi connectivity index (χ1) is 13.3. The van der Waals surface area contributed by atoms with Gasteiger partial charge >= 0.3 is 12.0 Å². The predicted molar refractivity (Wildman–Crippen MR) is 104 cm³/mol. The summed E-state index contributed by atoms with van der Waals surface area (Å²) in [5.74, 6) is 1.39. The number of hydrogen-bond donors (Lipinski definition) is 3. The molecule has 0 aromatic rings. The number of piperidine rings is 1. The van der Waals surface area contributed by atoms with Crippen molar-refractivity contribution in [3.05, 3.63) is 0 Å². The van der Waals surface area contributed by atoms with Crippen molar-refractivity contribution in [3.63, 3.8) is 0 Å². The van der Waals surface area contributed by atoms with Gasteiger partial charge in [0.1, 0.15) is 0 Å². The number of carboxylic acids is 1. The third-order valence-corrected chi connectivity index (χ3v) is 7.61. The monoisotopic (exact) mass is 391 g/mol. The van der Waals surface area contributed by atoms with Crippen LogP contribution in [0.5, 0.6) is 0 Å². The molecular formula is C21H33N3O4. The van der Waals surface area contributed by atoms with Gasteiger partial charge in [-0.25, -0.2) is 4.79 Å². The molecule has 0 aromatic heterocycles. The van der Waals surface area contributed by atoms with Gasteiger partial charge in [-0.3, -0.25) is 9.59 Å². The lowest BCUT2D eigenvalue weighted by Gasteiger charge is -2.56. The average Bonchev–Trinajstić information content (AvgIpc) is 2.59. The molecule has 0 radical (unpaired) electrons. The number of rotatable bonds is 5. The van der Waals surface area contributed by atoms with Gasteiger partial charge in [0, 0.05) is 31.6 Å². The Balaban J connectivity index is 1.22. The zero-order valence-corrected chi connectivity index (χ0v) is 16.8. The Morgan fingerprint density at radius 3 is 2.25 bits per heavy atom. The SMILES string of the molecule is CC1(C(=O)O)CCCN(C(=O)CCNC(=O)NC23CC4CC(CC(C4)C2)C3)C1. The van der Waals surface area contributed by atoms with Crippen LogP contribution in [0.2, 0.25) is 0 Å². The lowest BCUT2D eigenvalue weighted by Crippen LogP contribution is -2.61. The van der Waals surface area contributed by atoms with E-state index in [4.69, 9.17) is 0 Å². The molecule has 5 fully saturated rings. The summed E-state index contributed by atoms with van der Waals surface area (Å²) in [5, 5.41) is 15.5. The van der Waals surface area contributed by atoms with E-state index in [2.05, 4.69) is 10.6 Å². The van der Waals surface area contributed by atoms with Crippen LogP contribution in [0, 0.1) is 23.2 Å². The van der Waals surface area contributed by atoms with E-state index in [9.17, 15) is 19.5 Å². The first-order valence-electron chi connectivity index (χ1n) is 10.8. The first kappa shape index (κ1) is 19.5. The van der Waals surface area contributed by atoms with Gasteiger partial charge < -0.3 is 20.6 Å². The molecule has 1 saturated heterocycles. The second-order valence-corrected chi connectivity index (χ2v) is 10.1. The quantitative estimate of drug-likeness (QED) is 0.670. The van der Waals surface area contributed by atoms with E-state index in [0.717, 1.165) is 37.0 Å². The van der Waals surface area contributed by atoms with E-state index in [1.165, 1.54) is 19.3 Å². The van der Waals surface area contributed by atoms with Crippen LogP contribution in [-0.2, 0) is 9.59 Å². The van der Waals surface area contributed by atoms with E-state index in [-0.39, 0.29) is 37.0 Å². The highest BCUT2D eigenvalue weighted by atomic mass is 16.4. The molecule has 0 aromatic carbocycles. The minimum Gasteiger partial charge on any atom is -0.481 e. The Hall–Kier alpha value is -1.79. The van der Waals surface area contributed by atoms with Crippen molar-refractivity contribution in [2.24, 2.45) is 23.2 Å². The van der Waals surface area contributed by atoms with Crippen molar-refractivity contribution in [2.75, 3.05) is 19.6 Å².